The number of carbonyl (C=O) groups excluding carboxylic acids is 1. The molecule has 34 heavy (non-hydrogen) atoms. The van der Waals surface area contributed by atoms with Gasteiger partial charge in [0.1, 0.15) is 23.9 Å². The number of esters is 1. The minimum Gasteiger partial charge on any atom is -0.463 e. The lowest BCUT2D eigenvalue weighted by molar-refractivity contribution is -0.151. The number of benzene rings is 1. The average Bonchev–Trinajstić information content (AvgIpc) is 3.20. The van der Waals surface area contributed by atoms with Crippen LogP contribution in [0.2, 0.25) is 0 Å². The van der Waals surface area contributed by atoms with E-state index in [2.05, 4.69) is 20.0 Å². The molecule has 0 fully saturated rings. The number of rotatable bonds is 12. The molecule has 0 amide bonds. The summed E-state index contributed by atoms with van der Waals surface area (Å²) in [6, 6.07) is 8.80. The van der Waals surface area contributed by atoms with Crippen LogP contribution in [-0.4, -0.2) is 50.6 Å². The number of nitrogens with two attached hydrogens (primary N) is 1. The van der Waals surface area contributed by atoms with Gasteiger partial charge in [-0.3, -0.25) is 9.36 Å². The minimum atomic E-state index is -3.52. The fourth-order valence-corrected chi connectivity index (χ4v) is 4.72. The van der Waals surface area contributed by atoms with Crippen LogP contribution in [0.4, 0.5) is 5.82 Å². The van der Waals surface area contributed by atoms with Gasteiger partial charge in [-0.05, 0) is 32.9 Å². The van der Waals surface area contributed by atoms with E-state index in [0.717, 1.165) is 0 Å². The molecule has 184 valence electrons. The standard InChI is InChI=1S/C22H31N6O5P/c1-15(2)32-22(29)16(3)10-27-34(30,33-18-8-6-5-7-9-18)14-31-17(4)11-28-13-26-19-20(23)24-12-25-21(19)28/h5-9,12-13,15-17H,10-11,14H2,1-4H3,(H,27,30)(H2,23,24,25)/t16-,17+,34+/m0/s1. The van der Waals surface area contributed by atoms with Gasteiger partial charge < -0.3 is 24.3 Å². The predicted molar refractivity (Wildman–Crippen MR) is 128 cm³/mol. The highest BCUT2D eigenvalue weighted by molar-refractivity contribution is 7.57. The van der Waals surface area contributed by atoms with E-state index >= 15 is 0 Å². The van der Waals surface area contributed by atoms with Gasteiger partial charge in [-0.25, -0.2) is 20.0 Å². The molecule has 3 rings (SSSR count). The van der Waals surface area contributed by atoms with E-state index in [4.69, 9.17) is 19.7 Å². The summed E-state index contributed by atoms with van der Waals surface area (Å²) in [7, 11) is -3.52. The predicted octanol–water partition coefficient (Wildman–Crippen LogP) is 3.22. The van der Waals surface area contributed by atoms with Crippen LogP contribution in [0.1, 0.15) is 27.7 Å². The summed E-state index contributed by atoms with van der Waals surface area (Å²) in [5.74, 6) is -0.168. The summed E-state index contributed by atoms with van der Waals surface area (Å²) in [6.45, 7) is 7.60. The van der Waals surface area contributed by atoms with Crippen LogP contribution in [-0.2, 0) is 25.4 Å². The van der Waals surface area contributed by atoms with E-state index in [1.165, 1.54) is 6.33 Å². The summed E-state index contributed by atoms with van der Waals surface area (Å²) in [6.07, 6.45) is 2.19. The van der Waals surface area contributed by atoms with Crippen LogP contribution >= 0.6 is 7.52 Å². The SMILES string of the molecule is CC(C)OC(=O)[C@@H](C)CN[P@@](=O)(CO[C@H](C)Cn1cnc2c(N)ncnc21)Oc1ccccc1. The third-order valence-corrected chi connectivity index (χ3v) is 6.46. The van der Waals surface area contributed by atoms with Gasteiger partial charge in [0.2, 0.25) is 0 Å². The summed E-state index contributed by atoms with van der Waals surface area (Å²) in [5.41, 5.74) is 6.94. The lowest BCUT2D eigenvalue weighted by atomic mass is 10.2. The molecule has 3 aromatic rings. The number of hydrogen-bond acceptors (Lipinski definition) is 9. The second kappa shape index (κ2) is 11.4. The Morgan fingerprint density at radius 3 is 2.59 bits per heavy atom. The first-order chi connectivity index (χ1) is 16.2. The highest BCUT2D eigenvalue weighted by Crippen LogP contribution is 2.43. The first kappa shape index (κ1) is 25.6. The normalized spacial score (nSPS) is 15.1. The number of ether oxygens (including phenoxy) is 2. The molecule has 3 N–H and O–H groups in total. The van der Waals surface area contributed by atoms with Crippen LogP contribution in [0.15, 0.2) is 43.0 Å². The minimum absolute atomic E-state index is 0.107. The molecule has 0 unspecified atom stereocenters. The molecule has 0 spiro atoms. The largest absolute Gasteiger partial charge is 0.463 e. The molecule has 2 heterocycles. The summed E-state index contributed by atoms with van der Waals surface area (Å²) >= 11 is 0. The molecular formula is C22H31N6O5P. The maximum absolute atomic E-state index is 13.6. The molecule has 0 aliphatic heterocycles. The van der Waals surface area contributed by atoms with Crippen LogP contribution < -0.4 is 15.3 Å². The molecule has 11 nitrogen and oxygen atoms in total. The van der Waals surface area contributed by atoms with E-state index < -0.39 is 13.4 Å². The number of anilines is 1. The van der Waals surface area contributed by atoms with Crippen LogP contribution in [0.5, 0.6) is 5.75 Å². The van der Waals surface area contributed by atoms with Gasteiger partial charge in [0, 0.05) is 6.54 Å². The molecule has 2 aromatic heterocycles. The maximum atomic E-state index is 13.6. The Kier molecular flexibility index (Phi) is 8.60. The molecule has 0 aliphatic rings. The zero-order valence-electron chi connectivity index (χ0n) is 19.7. The van der Waals surface area contributed by atoms with Crippen molar-refractivity contribution in [1.29, 1.82) is 0 Å². The quantitative estimate of drug-likeness (QED) is 0.287. The van der Waals surface area contributed by atoms with Gasteiger partial charge >= 0.3 is 13.5 Å². The third kappa shape index (κ3) is 6.99. The molecule has 3 atom stereocenters. The van der Waals surface area contributed by atoms with E-state index in [9.17, 15) is 9.36 Å². The maximum Gasteiger partial charge on any atom is 0.341 e. The molecule has 1 aromatic carbocycles. The Bertz CT molecular complexity index is 1140. The molecule has 0 saturated heterocycles. The Hall–Kier alpha value is -3.01. The van der Waals surface area contributed by atoms with Crippen molar-refractivity contribution >= 4 is 30.5 Å². The van der Waals surface area contributed by atoms with E-state index in [1.807, 2.05) is 13.0 Å². The van der Waals surface area contributed by atoms with Gasteiger partial charge in [-0.15, -0.1) is 0 Å². The number of fused-ring (bicyclic) bond motifs is 1. The van der Waals surface area contributed by atoms with Gasteiger partial charge in [0.25, 0.3) is 0 Å². The van der Waals surface area contributed by atoms with Crippen LogP contribution in [0, 0.1) is 5.92 Å². The van der Waals surface area contributed by atoms with Crippen molar-refractivity contribution in [2.75, 3.05) is 18.6 Å². The molecule has 0 radical (unpaired) electrons. The molecular weight excluding hydrogens is 459 g/mol. The van der Waals surface area contributed by atoms with E-state index in [1.54, 1.807) is 55.9 Å². The summed E-state index contributed by atoms with van der Waals surface area (Å²) in [4.78, 5) is 24.6. The number of aromatic nitrogens is 4. The Morgan fingerprint density at radius 2 is 1.88 bits per heavy atom. The van der Waals surface area contributed by atoms with Crippen molar-refractivity contribution in [1.82, 2.24) is 24.6 Å². The lowest BCUT2D eigenvalue weighted by Gasteiger charge is -2.24. The van der Waals surface area contributed by atoms with E-state index in [-0.39, 0.29) is 31.1 Å². The third-order valence-electron chi connectivity index (χ3n) is 4.80. The lowest BCUT2D eigenvalue weighted by Crippen LogP contribution is -2.30. The monoisotopic (exact) mass is 490 g/mol. The number of carbonyl (C=O) groups is 1. The molecule has 0 saturated carbocycles. The fraction of sp³-hybridized carbons (Fsp3) is 0.455. The Morgan fingerprint density at radius 1 is 1.15 bits per heavy atom. The fourth-order valence-electron chi connectivity index (χ4n) is 3.05. The molecule has 12 heteroatoms. The molecule has 0 aliphatic carbocycles. The van der Waals surface area contributed by atoms with Crippen molar-refractivity contribution in [3.05, 3.63) is 43.0 Å². The van der Waals surface area contributed by atoms with Crippen molar-refractivity contribution in [2.45, 2.75) is 46.4 Å². The number of nitrogen functional groups attached to an aromatic ring is 1. The first-order valence-electron chi connectivity index (χ1n) is 11.0. The highest BCUT2D eigenvalue weighted by Gasteiger charge is 2.29. The number of hydrogen-bond donors (Lipinski definition) is 2. The smallest absolute Gasteiger partial charge is 0.341 e. The van der Waals surface area contributed by atoms with Crippen LogP contribution in [0.3, 0.4) is 0 Å². The second-order valence-electron chi connectivity index (χ2n) is 8.26. The van der Waals surface area contributed by atoms with Crippen molar-refractivity contribution in [2.24, 2.45) is 5.92 Å². The zero-order chi connectivity index (χ0) is 24.7. The average molecular weight is 491 g/mol. The van der Waals surface area contributed by atoms with Crippen molar-refractivity contribution in [3.63, 3.8) is 0 Å². The van der Waals surface area contributed by atoms with Gasteiger partial charge in [0.05, 0.1) is 31.0 Å². The van der Waals surface area contributed by atoms with Gasteiger partial charge in [-0.2, -0.15) is 0 Å². The Balaban J connectivity index is 1.65. The second-order valence-corrected chi connectivity index (χ2v) is 10.4. The Labute approximate surface area is 198 Å². The number of imidazole rings is 1. The summed E-state index contributed by atoms with van der Waals surface area (Å²) < 4.78 is 32.3. The van der Waals surface area contributed by atoms with Gasteiger partial charge in [-0.1, -0.05) is 25.1 Å². The number of para-hydroxylation sites is 1. The first-order valence-corrected chi connectivity index (χ1v) is 12.8. The van der Waals surface area contributed by atoms with Crippen molar-refractivity contribution < 1.29 is 23.4 Å². The number of nitrogens with one attached hydrogen (secondary N) is 1. The highest BCUT2D eigenvalue weighted by atomic mass is 31.2. The summed E-state index contributed by atoms with van der Waals surface area (Å²) in [5, 5.41) is 2.90. The zero-order valence-corrected chi connectivity index (χ0v) is 20.6. The van der Waals surface area contributed by atoms with Crippen LogP contribution in [0.25, 0.3) is 11.2 Å². The number of nitrogens with zero attached hydrogens (tertiary/aromatic N) is 4. The van der Waals surface area contributed by atoms with Gasteiger partial charge in [0.15, 0.2) is 11.5 Å². The molecule has 0 bridgehead atoms. The topological polar surface area (TPSA) is 143 Å². The van der Waals surface area contributed by atoms with Crippen molar-refractivity contribution in [3.8, 4) is 5.75 Å². The van der Waals surface area contributed by atoms with E-state index in [0.29, 0.717) is 29.3 Å².